The number of hydrogen-bond acceptors (Lipinski definition) is 2. The van der Waals surface area contributed by atoms with E-state index in [0.717, 1.165) is 38.9 Å². The summed E-state index contributed by atoms with van der Waals surface area (Å²) in [5.74, 6) is 0. The summed E-state index contributed by atoms with van der Waals surface area (Å²) >= 11 is 0. The van der Waals surface area contributed by atoms with Crippen molar-refractivity contribution in [2.45, 2.75) is 37.4 Å². The fraction of sp³-hybridized carbons (Fsp3) is 1.00. The van der Waals surface area contributed by atoms with Gasteiger partial charge in [0.1, 0.15) is 6.17 Å². The van der Waals surface area contributed by atoms with E-state index in [0.29, 0.717) is 6.42 Å². The van der Waals surface area contributed by atoms with Crippen LogP contribution < -0.4 is 10.6 Å². The first-order chi connectivity index (χ1) is 5.81. The molecule has 2 N–H and O–H groups in total. The standard InChI is InChI=1S/C9H17FN2/c10-8-1-4-12-9(7-8)2-5-11-6-3-9/h8,11-12H,1-7H2. The number of alkyl halides is 1. The second-order valence-corrected chi connectivity index (χ2v) is 4.05. The molecular weight excluding hydrogens is 155 g/mol. The molecule has 2 heterocycles. The lowest BCUT2D eigenvalue weighted by molar-refractivity contribution is 0.122. The molecule has 3 heteroatoms. The second-order valence-electron chi connectivity index (χ2n) is 4.05. The third-order valence-corrected chi connectivity index (χ3v) is 3.13. The maximum Gasteiger partial charge on any atom is 0.103 e. The quantitative estimate of drug-likeness (QED) is 0.565. The molecule has 1 spiro atoms. The largest absolute Gasteiger partial charge is 0.317 e. The Labute approximate surface area is 72.9 Å². The van der Waals surface area contributed by atoms with E-state index in [1.54, 1.807) is 0 Å². The SMILES string of the molecule is FC1CCNC2(CCNCC2)C1. The van der Waals surface area contributed by atoms with E-state index in [4.69, 9.17) is 0 Å². The van der Waals surface area contributed by atoms with Gasteiger partial charge in [-0.3, -0.25) is 0 Å². The van der Waals surface area contributed by atoms with Gasteiger partial charge >= 0.3 is 0 Å². The van der Waals surface area contributed by atoms with Gasteiger partial charge in [-0.2, -0.15) is 0 Å². The van der Waals surface area contributed by atoms with Gasteiger partial charge in [0.15, 0.2) is 0 Å². The maximum atomic E-state index is 13.2. The van der Waals surface area contributed by atoms with E-state index < -0.39 is 6.17 Å². The smallest absolute Gasteiger partial charge is 0.103 e. The Bertz CT molecular complexity index is 149. The van der Waals surface area contributed by atoms with E-state index in [2.05, 4.69) is 10.6 Å². The zero-order valence-corrected chi connectivity index (χ0v) is 7.41. The van der Waals surface area contributed by atoms with Gasteiger partial charge in [-0.15, -0.1) is 0 Å². The Balaban J connectivity index is 1.97. The highest BCUT2D eigenvalue weighted by Gasteiger charge is 2.36. The fourth-order valence-electron chi connectivity index (χ4n) is 2.38. The molecule has 70 valence electrons. The summed E-state index contributed by atoms with van der Waals surface area (Å²) in [5.41, 5.74) is 0.142. The van der Waals surface area contributed by atoms with Gasteiger partial charge in [0, 0.05) is 5.54 Å². The number of rotatable bonds is 0. The van der Waals surface area contributed by atoms with Crippen molar-refractivity contribution in [2.75, 3.05) is 19.6 Å². The molecule has 0 saturated carbocycles. The minimum Gasteiger partial charge on any atom is -0.317 e. The van der Waals surface area contributed by atoms with Crippen molar-refractivity contribution < 1.29 is 4.39 Å². The lowest BCUT2D eigenvalue weighted by Crippen LogP contribution is -2.56. The molecule has 2 nitrogen and oxygen atoms in total. The molecule has 2 fully saturated rings. The van der Waals surface area contributed by atoms with Gasteiger partial charge in [0.05, 0.1) is 0 Å². The Morgan fingerprint density at radius 3 is 2.58 bits per heavy atom. The van der Waals surface area contributed by atoms with Crippen LogP contribution in [0.1, 0.15) is 25.7 Å². The molecular formula is C9H17FN2. The molecule has 0 radical (unpaired) electrons. The molecule has 0 aromatic carbocycles. The van der Waals surface area contributed by atoms with Crippen LogP contribution in [-0.2, 0) is 0 Å². The van der Waals surface area contributed by atoms with Gasteiger partial charge in [-0.25, -0.2) is 4.39 Å². The minimum absolute atomic E-state index is 0.142. The van der Waals surface area contributed by atoms with Crippen molar-refractivity contribution in [1.82, 2.24) is 10.6 Å². The first kappa shape index (κ1) is 8.45. The molecule has 0 aromatic rings. The molecule has 0 bridgehead atoms. The Morgan fingerprint density at radius 1 is 1.17 bits per heavy atom. The molecule has 0 amide bonds. The number of nitrogens with one attached hydrogen (secondary N) is 2. The van der Waals surface area contributed by atoms with Crippen molar-refractivity contribution >= 4 is 0 Å². The van der Waals surface area contributed by atoms with Gasteiger partial charge in [-0.1, -0.05) is 0 Å². The monoisotopic (exact) mass is 172 g/mol. The predicted octanol–water partition coefficient (Wildman–Crippen LogP) is 0.830. The van der Waals surface area contributed by atoms with Crippen LogP contribution in [0.4, 0.5) is 4.39 Å². The van der Waals surface area contributed by atoms with Gasteiger partial charge in [-0.05, 0) is 45.3 Å². The molecule has 2 aliphatic heterocycles. The van der Waals surface area contributed by atoms with Crippen LogP contribution in [0.15, 0.2) is 0 Å². The zero-order valence-electron chi connectivity index (χ0n) is 7.41. The summed E-state index contributed by atoms with van der Waals surface area (Å²) in [7, 11) is 0. The van der Waals surface area contributed by atoms with Crippen molar-refractivity contribution in [3.8, 4) is 0 Å². The summed E-state index contributed by atoms with van der Waals surface area (Å²) < 4.78 is 13.2. The summed E-state index contributed by atoms with van der Waals surface area (Å²) in [6, 6.07) is 0. The molecule has 2 rings (SSSR count). The Kier molecular flexibility index (Phi) is 2.33. The lowest BCUT2D eigenvalue weighted by Gasteiger charge is -2.42. The van der Waals surface area contributed by atoms with Gasteiger partial charge in [0.2, 0.25) is 0 Å². The number of hydrogen-bond donors (Lipinski definition) is 2. The highest BCUT2D eigenvalue weighted by molar-refractivity contribution is 4.96. The third-order valence-electron chi connectivity index (χ3n) is 3.13. The summed E-state index contributed by atoms with van der Waals surface area (Å²) in [6.07, 6.45) is 3.05. The fourth-order valence-corrected chi connectivity index (χ4v) is 2.38. The lowest BCUT2D eigenvalue weighted by atomic mass is 9.80. The molecule has 2 aliphatic rings. The van der Waals surface area contributed by atoms with Gasteiger partial charge < -0.3 is 10.6 Å². The highest BCUT2D eigenvalue weighted by Crippen LogP contribution is 2.29. The topological polar surface area (TPSA) is 24.1 Å². The molecule has 0 aromatic heterocycles. The molecule has 1 atom stereocenters. The van der Waals surface area contributed by atoms with E-state index in [-0.39, 0.29) is 5.54 Å². The van der Waals surface area contributed by atoms with Crippen molar-refractivity contribution in [3.63, 3.8) is 0 Å². The van der Waals surface area contributed by atoms with Crippen molar-refractivity contribution in [3.05, 3.63) is 0 Å². The maximum absolute atomic E-state index is 13.2. The second kappa shape index (κ2) is 3.30. The summed E-state index contributed by atoms with van der Waals surface area (Å²) in [5, 5.41) is 6.79. The van der Waals surface area contributed by atoms with Crippen molar-refractivity contribution in [2.24, 2.45) is 0 Å². The van der Waals surface area contributed by atoms with E-state index in [1.807, 2.05) is 0 Å². The third kappa shape index (κ3) is 1.62. The van der Waals surface area contributed by atoms with Gasteiger partial charge in [0.25, 0.3) is 0 Å². The van der Waals surface area contributed by atoms with Crippen LogP contribution in [0.25, 0.3) is 0 Å². The Morgan fingerprint density at radius 2 is 1.92 bits per heavy atom. The Hall–Kier alpha value is -0.150. The van der Waals surface area contributed by atoms with Crippen LogP contribution in [0.5, 0.6) is 0 Å². The van der Waals surface area contributed by atoms with E-state index in [1.165, 1.54) is 0 Å². The average Bonchev–Trinajstić information content (AvgIpc) is 2.05. The first-order valence-electron chi connectivity index (χ1n) is 4.91. The summed E-state index contributed by atoms with van der Waals surface area (Å²) in [6.45, 7) is 2.95. The van der Waals surface area contributed by atoms with Crippen LogP contribution >= 0.6 is 0 Å². The van der Waals surface area contributed by atoms with Crippen LogP contribution in [-0.4, -0.2) is 31.3 Å². The van der Waals surface area contributed by atoms with Crippen LogP contribution in [0.2, 0.25) is 0 Å². The van der Waals surface area contributed by atoms with E-state index in [9.17, 15) is 4.39 Å². The number of piperidine rings is 2. The predicted molar refractivity (Wildman–Crippen MR) is 47.0 cm³/mol. The first-order valence-corrected chi connectivity index (χ1v) is 4.91. The van der Waals surface area contributed by atoms with E-state index >= 15 is 0 Å². The van der Waals surface area contributed by atoms with Crippen molar-refractivity contribution in [1.29, 1.82) is 0 Å². The molecule has 1 unspecified atom stereocenters. The minimum atomic E-state index is -0.565. The molecule has 12 heavy (non-hydrogen) atoms. The molecule has 2 saturated heterocycles. The summed E-state index contributed by atoms with van der Waals surface area (Å²) in [4.78, 5) is 0. The zero-order chi connectivity index (χ0) is 8.44. The number of halogens is 1. The average molecular weight is 172 g/mol. The van der Waals surface area contributed by atoms with Crippen LogP contribution in [0.3, 0.4) is 0 Å². The van der Waals surface area contributed by atoms with Crippen LogP contribution in [0, 0.1) is 0 Å². The normalized spacial score (nSPS) is 35.2. The molecule has 0 aliphatic carbocycles. The highest BCUT2D eigenvalue weighted by atomic mass is 19.1.